The smallest absolute Gasteiger partial charge is 0.274 e. The Balaban J connectivity index is 1.73. The Morgan fingerprint density at radius 3 is 2.45 bits per heavy atom. The molecule has 0 radical (unpaired) electrons. The summed E-state index contributed by atoms with van der Waals surface area (Å²) in [6.45, 7) is 4.54. The zero-order valence-corrected chi connectivity index (χ0v) is 16.3. The summed E-state index contributed by atoms with van der Waals surface area (Å²) in [4.78, 5) is 17.0. The highest BCUT2D eigenvalue weighted by molar-refractivity contribution is 5.98. The molecule has 0 fully saturated rings. The van der Waals surface area contributed by atoms with Crippen molar-refractivity contribution in [2.75, 3.05) is 0 Å². The molecule has 2 aromatic heterocycles. The van der Waals surface area contributed by atoms with Gasteiger partial charge in [0.2, 0.25) is 0 Å². The van der Waals surface area contributed by atoms with Gasteiger partial charge in [0.15, 0.2) is 5.69 Å². The maximum atomic E-state index is 12.9. The summed E-state index contributed by atoms with van der Waals surface area (Å²) in [5, 5.41) is 11.4. The van der Waals surface area contributed by atoms with Gasteiger partial charge in [-0.25, -0.2) is 4.68 Å². The van der Waals surface area contributed by atoms with Crippen LogP contribution in [0, 0.1) is 13.8 Å². The molecular weight excluding hydrogens is 362 g/mol. The number of carbonyl (C=O) groups is 1. The molecule has 0 aliphatic rings. The van der Waals surface area contributed by atoms with Crippen LogP contribution in [0.15, 0.2) is 73.1 Å². The molecule has 4 rings (SSSR count). The zero-order valence-electron chi connectivity index (χ0n) is 16.3. The third-order valence-corrected chi connectivity index (χ3v) is 4.87. The number of nitrogens with zero attached hydrogens (tertiary/aromatic N) is 4. The second kappa shape index (κ2) is 8.06. The first-order valence-corrected chi connectivity index (χ1v) is 9.39. The monoisotopic (exact) mass is 383 g/mol. The molecule has 0 atom stereocenters. The van der Waals surface area contributed by atoms with E-state index >= 15 is 0 Å². The summed E-state index contributed by atoms with van der Waals surface area (Å²) < 4.78 is 1.71. The normalized spacial score (nSPS) is 10.7. The molecule has 1 amide bonds. The minimum Gasteiger partial charge on any atom is -0.346 e. The Morgan fingerprint density at radius 1 is 0.966 bits per heavy atom. The fourth-order valence-electron chi connectivity index (χ4n) is 3.10. The lowest BCUT2D eigenvalue weighted by molar-refractivity contribution is 0.0946. The Kier molecular flexibility index (Phi) is 5.16. The molecule has 6 heteroatoms. The van der Waals surface area contributed by atoms with E-state index in [-0.39, 0.29) is 11.6 Å². The first-order chi connectivity index (χ1) is 14.1. The van der Waals surface area contributed by atoms with Crippen LogP contribution in [0.3, 0.4) is 0 Å². The molecule has 29 heavy (non-hydrogen) atoms. The molecule has 6 nitrogen and oxygen atoms in total. The van der Waals surface area contributed by atoms with Gasteiger partial charge in [-0.15, -0.1) is 5.10 Å². The van der Waals surface area contributed by atoms with Crippen molar-refractivity contribution in [1.82, 2.24) is 25.3 Å². The molecule has 2 aromatic carbocycles. The van der Waals surface area contributed by atoms with Gasteiger partial charge >= 0.3 is 0 Å². The minimum atomic E-state index is -0.268. The topological polar surface area (TPSA) is 72.7 Å². The quantitative estimate of drug-likeness (QED) is 0.568. The lowest BCUT2D eigenvalue weighted by atomic mass is 10.1. The van der Waals surface area contributed by atoms with E-state index in [1.165, 1.54) is 5.56 Å². The molecule has 0 aliphatic carbocycles. The number of amides is 1. The van der Waals surface area contributed by atoms with Gasteiger partial charge in [0.1, 0.15) is 5.69 Å². The second-order valence-electron chi connectivity index (χ2n) is 6.87. The highest BCUT2D eigenvalue weighted by Gasteiger charge is 2.22. The number of rotatable bonds is 5. The van der Waals surface area contributed by atoms with Crippen molar-refractivity contribution in [1.29, 1.82) is 0 Å². The Morgan fingerprint density at radius 2 is 1.72 bits per heavy atom. The van der Waals surface area contributed by atoms with E-state index in [9.17, 15) is 4.79 Å². The lowest BCUT2D eigenvalue weighted by Crippen LogP contribution is -2.24. The number of aryl methyl sites for hydroxylation is 2. The maximum absolute atomic E-state index is 12.9. The van der Waals surface area contributed by atoms with Crippen LogP contribution in [0.4, 0.5) is 0 Å². The summed E-state index contributed by atoms with van der Waals surface area (Å²) in [7, 11) is 0. The molecule has 0 saturated carbocycles. The maximum Gasteiger partial charge on any atom is 0.274 e. The van der Waals surface area contributed by atoms with Gasteiger partial charge in [-0.2, -0.15) is 0 Å². The highest BCUT2D eigenvalue weighted by Crippen LogP contribution is 2.26. The van der Waals surface area contributed by atoms with Crippen LogP contribution in [-0.2, 0) is 6.54 Å². The lowest BCUT2D eigenvalue weighted by Gasteiger charge is -2.10. The standard InChI is InChI=1S/C23H21N5O/c1-16-8-9-20(14-17(16)2)28-22(19-10-12-24-13-11-19)21(26-27-28)23(29)25-15-18-6-4-3-5-7-18/h3-14H,15H2,1-2H3,(H,25,29). The van der Waals surface area contributed by atoms with Gasteiger partial charge in [-0.1, -0.05) is 41.6 Å². The molecule has 0 bridgehead atoms. The summed E-state index contributed by atoms with van der Waals surface area (Å²) in [5.74, 6) is -0.268. The largest absolute Gasteiger partial charge is 0.346 e. The number of hydrogen-bond acceptors (Lipinski definition) is 4. The van der Waals surface area contributed by atoms with Gasteiger partial charge in [0.05, 0.1) is 5.69 Å². The predicted molar refractivity (Wildman–Crippen MR) is 112 cm³/mol. The molecule has 0 spiro atoms. The number of aromatic nitrogens is 4. The third kappa shape index (κ3) is 3.91. The van der Waals surface area contributed by atoms with Crippen LogP contribution in [0.1, 0.15) is 27.2 Å². The van der Waals surface area contributed by atoms with E-state index in [4.69, 9.17) is 0 Å². The average molecular weight is 383 g/mol. The molecular formula is C23H21N5O. The minimum absolute atomic E-state index is 0.268. The first-order valence-electron chi connectivity index (χ1n) is 9.39. The van der Waals surface area contributed by atoms with Crippen LogP contribution < -0.4 is 5.32 Å². The van der Waals surface area contributed by atoms with Gasteiger partial charge < -0.3 is 5.32 Å². The second-order valence-corrected chi connectivity index (χ2v) is 6.87. The van der Waals surface area contributed by atoms with Crippen LogP contribution in [0.2, 0.25) is 0 Å². The Hall–Kier alpha value is -3.80. The van der Waals surface area contributed by atoms with E-state index < -0.39 is 0 Å². The van der Waals surface area contributed by atoms with E-state index in [1.54, 1.807) is 17.1 Å². The van der Waals surface area contributed by atoms with Crippen LogP contribution >= 0.6 is 0 Å². The fourth-order valence-corrected chi connectivity index (χ4v) is 3.10. The molecule has 144 valence electrons. The number of carbonyl (C=O) groups excluding carboxylic acids is 1. The van der Waals surface area contributed by atoms with Crippen molar-refractivity contribution in [2.24, 2.45) is 0 Å². The van der Waals surface area contributed by atoms with Gasteiger partial charge in [-0.05, 0) is 54.8 Å². The first kappa shape index (κ1) is 18.6. The van der Waals surface area contributed by atoms with Crippen LogP contribution in [0.5, 0.6) is 0 Å². The summed E-state index contributed by atoms with van der Waals surface area (Å²) >= 11 is 0. The summed E-state index contributed by atoms with van der Waals surface area (Å²) in [5.41, 5.74) is 5.97. The van der Waals surface area contributed by atoms with Crippen molar-refractivity contribution >= 4 is 5.91 Å². The number of benzene rings is 2. The molecule has 0 aliphatic heterocycles. The Labute approximate surface area is 169 Å². The number of pyridine rings is 1. The molecule has 4 aromatic rings. The SMILES string of the molecule is Cc1ccc(-n2nnc(C(=O)NCc3ccccc3)c2-c2ccncc2)cc1C. The van der Waals surface area contributed by atoms with Crippen molar-refractivity contribution in [3.63, 3.8) is 0 Å². The highest BCUT2D eigenvalue weighted by atomic mass is 16.2. The van der Waals surface area contributed by atoms with Crippen LogP contribution in [-0.4, -0.2) is 25.9 Å². The molecule has 1 N–H and O–H groups in total. The van der Waals surface area contributed by atoms with E-state index in [1.807, 2.05) is 60.7 Å². The van der Waals surface area contributed by atoms with Gasteiger partial charge in [-0.3, -0.25) is 9.78 Å². The van der Waals surface area contributed by atoms with Crippen molar-refractivity contribution in [3.05, 3.63) is 95.4 Å². The van der Waals surface area contributed by atoms with Gasteiger partial charge in [0, 0.05) is 24.5 Å². The van der Waals surface area contributed by atoms with Crippen molar-refractivity contribution in [3.8, 4) is 16.9 Å². The van der Waals surface area contributed by atoms with Gasteiger partial charge in [0.25, 0.3) is 5.91 Å². The number of hydrogen-bond donors (Lipinski definition) is 1. The third-order valence-electron chi connectivity index (χ3n) is 4.87. The van der Waals surface area contributed by atoms with Crippen LogP contribution in [0.25, 0.3) is 16.9 Å². The zero-order chi connectivity index (χ0) is 20.2. The van der Waals surface area contributed by atoms with E-state index in [0.29, 0.717) is 12.2 Å². The molecule has 0 saturated heterocycles. The fraction of sp³-hybridized carbons (Fsp3) is 0.130. The summed E-state index contributed by atoms with van der Waals surface area (Å²) in [6, 6.07) is 19.5. The van der Waals surface area contributed by atoms with Crippen molar-refractivity contribution < 1.29 is 4.79 Å². The molecule has 2 heterocycles. The average Bonchev–Trinajstić information content (AvgIpc) is 3.20. The van der Waals surface area contributed by atoms with Crippen molar-refractivity contribution in [2.45, 2.75) is 20.4 Å². The Bertz CT molecular complexity index is 1140. The van der Waals surface area contributed by atoms with E-state index in [2.05, 4.69) is 34.5 Å². The summed E-state index contributed by atoms with van der Waals surface area (Å²) in [6.07, 6.45) is 3.39. The van der Waals surface area contributed by atoms with E-state index in [0.717, 1.165) is 22.4 Å². The predicted octanol–water partition coefficient (Wildman–Crippen LogP) is 3.88. The molecule has 0 unspecified atom stereocenters. The number of nitrogens with one attached hydrogen (secondary N) is 1.